The zero-order valence-electron chi connectivity index (χ0n) is 12.4. The van der Waals surface area contributed by atoms with Crippen molar-refractivity contribution in [3.8, 4) is 0 Å². The molecule has 0 bridgehead atoms. The van der Waals surface area contributed by atoms with Gasteiger partial charge in [-0.1, -0.05) is 60.7 Å². The fourth-order valence-corrected chi connectivity index (χ4v) is 2.29. The fraction of sp³-hybridized carbons (Fsp3) is 0.333. The van der Waals surface area contributed by atoms with Crippen molar-refractivity contribution < 1.29 is 9.84 Å². The van der Waals surface area contributed by atoms with Gasteiger partial charge < -0.3 is 15.2 Å². The van der Waals surface area contributed by atoms with Crippen molar-refractivity contribution in [1.82, 2.24) is 5.32 Å². The molecular weight excluding hydrogens is 262 g/mol. The van der Waals surface area contributed by atoms with Crippen LogP contribution in [-0.2, 0) is 4.74 Å². The lowest BCUT2D eigenvalue weighted by atomic mass is 9.98. The molecule has 0 fully saturated rings. The van der Waals surface area contributed by atoms with E-state index >= 15 is 0 Å². The third-order valence-electron chi connectivity index (χ3n) is 3.34. The highest BCUT2D eigenvalue weighted by Gasteiger charge is 2.14. The summed E-state index contributed by atoms with van der Waals surface area (Å²) in [4.78, 5) is 0. The van der Waals surface area contributed by atoms with Crippen LogP contribution >= 0.6 is 0 Å². The molecule has 0 saturated heterocycles. The van der Waals surface area contributed by atoms with Crippen LogP contribution in [0.1, 0.15) is 24.1 Å². The van der Waals surface area contributed by atoms with Crippen LogP contribution in [0.5, 0.6) is 0 Å². The number of ether oxygens (including phenoxy) is 1. The molecule has 0 aliphatic carbocycles. The molecule has 0 radical (unpaired) electrons. The van der Waals surface area contributed by atoms with E-state index < -0.39 is 6.10 Å². The summed E-state index contributed by atoms with van der Waals surface area (Å²) in [6.45, 7) is 3.41. The molecule has 1 atom stereocenters. The topological polar surface area (TPSA) is 41.5 Å². The third kappa shape index (κ3) is 4.97. The first-order chi connectivity index (χ1) is 10.3. The SMILES string of the molecule is CCOCC(O)CNC(c1ccccc1)c1ccccc1. The Balaban J connectivity index is 2.07. The first-order valence-electron chi connectivity index (χ1n) is 7.40. The second-order valence-electron chi connectivity index (χ2n) is 4.98. The van der Waals surface area contributed by atoms with E-state index in [0.717, 1.165) is 0 Å². The highest BCUT2D eigenvalue weighted by Crippen LogP contribution is 2.21. The Bertz CT molecular complexity index is 462. The van der Waals surface area contributed by atoms with Crippen molar-refractivity contribution in [3.05, 3.63) is 71.8 Å². The van der Waals surface area contributed by atoms with Gasteiger partial charge in [0.25, 0.3) is 0 Å². The summed E-state index contributed by atoms with van der Waals surface area (Å²) in [6.07, 6.45) is -0.500. The Kier molecular flexibility index (Phi) is 6.41. The van der Waals surface area contributed by atoms with E-state index in [1.165, 1.54) is 11.1 Å². The van der Waals surface area contributed by atoms with Crippen molar-refractivity contribution in [3.63, 3.8) is 0 Å². The molecule has 0 amide bonds. The molecule has 2 N–H and O–H groups in total. The highest BCUT2D eigenvalue weighted by molar-refractivity contribution is 5.31. The summed E-state index contributed by atoms with van der Waals surface area (Å²) in [5.74, 6) is 0. The van der Waals surface area contributed by atoms with Gasteiger partial charge in [-0.25, -0.2) is 0 Å². The van der Waals surface area contributed by atoms with Crippen molar-refractivity contribution in [1.29, 1.82) is 0 Å². The Morgan fingerprint density at radius 1 is 0.952 bits per heavy atom. The van der Waals surface area contributed by atoms with Crippen LogP contribution in [0.4, 0.5) is 0 Å². The van der Waals surface area contributed by atoms with Crippen molar-refractivity contribution >= 4 is 0 Å². The van der Waals surface area contributed by atoms with Gasteiger partial charge in [0.1, 0.15) is 0 Å². The molecular formula is C18H23NO2. The predicted octanol–water partition coefficient (Wildman–Crippen LogP) is 2.76. The van der Waals surface area contributed by atoms with Gasteiger partial charge in [0.2, 0.25) is 0 Å². The van der Waals surface area contributed by atoms with Gasteiger partial charge in [-0.15, -0.1) is 0 Å². The van der Waals surface area contributed by atoms with E-state index in [2.05, 4.69) is 29.6 Å². The maximum atomic E-state index is 9.94. The molecule has 0 aromatic heterocycles. The molecule has 3 heteroatoms. The van der Waals surface area contributed by atoms with Gasteiger partial charge in [-0.2, -0.15) is 0 Å². The maximum absolute atomic E-state index is 9.94. The van der Waals surface area contributed by atoms with Crippen molar-refractivity contribution in [2.75, 3.05) is 19.8 Å². The zero-order chi connectivity index (χ0) is 14.9. The first-order valence-corrected chi connectivity index (χ1v) is 7.40. The van der Waals surface area contributed by atoms with Crippen LogP contribution in [0.2, 0.25) is 0 Å². The normalized spacial score (nSPS) is 12.5. The van der Waals surface area contributed by atoms with Crippen LogP contribution in [-0.4, -0.2) is 31.0 Å². The van der Waals surface area contributed by atoms with Crippen LogP contribution in [0.3, 0.4) is 0 Å². The molecule has 0 aliphatic rings. The van der Waals surface area contributed by atoms with Gasteiger partial charge in [0.05, 0.1) is 18.8 Å². The minimum absolute atomic E-state index is 0.0728. The Labute approximate surface area is 126 Å². The van der Waals surface area contributed by atoms with Crippen LogP contribution in [0.25, 0.3) is 0 Å². The van der Waals surface area contributed by atoms with Gasteiger partial charge in [-0.05, 0) is 18.1 Å². The summed E-state index contributed by atoms with van der Waals surface area (Å²) in [5, 5.41) is 13.4. The van der Waals surface area contributed by atoms with Crippen LogP contribution in [0.15, 0.2) is 60.7 Å². The largest absolute Gasteiger partial charge is 0.389 e. The number of aliphatic hydroxyl groups is 1. The zero-order valence-corrected chi connectivity index (χ0v) is 12.4. The summed E-state index contributed by atoms with van der Waals surface area (Å²) in [7, 11) is 0. The van der Waals surface area contributed by atoms with Gasteiger partial charge in [-0.3, -0.25) is 0 Å². The monoisotopic (exact) mass is 285 g/mol. The number of rotatable bonds is 8. The van der Waals surface area contributed by atoms with Gasteiger partial charge in [0, 0.05) is 13.2 Å². The molecule has 0 aliphatic heterocycles. The van der Waals surface area contributed by atoms with Crippen LogP contribution < -0.4 is 5.32 Å². The van der Waals surface area contributed by atoms with Crippen molar-refractivity contribution in [2.24, 2.45) is 0 Å². The lowest BCUT2D eigenvalue weighted by Gasteiger charge is -2.21. The molecule has 3 nitrogen and oxygen atoms in total. The number of hydrogen-bond donors (Lipinski definition) is 2. The van der Waals surface area contributed by atoms with E-state index in [1.54, 1.807) is 0 Å². The first kappa shape index (κ1) is 15.7. The highest BCUT2D eigenvalue weighted by atomic mass is 16.5. The van der Waals surface area contributed by atoms with E-state index in [0.29, 0.717) is 19.8 Å². The van der Waals surface area contributed by atoms with E-state index in [9.17, 15) is 5.11 Å². The lowest BCUT2D eigenvalue weighted by Crippen LogP contribution is -2.33. The number of nitrogens with one attached hydrogen (secondary N) is 1. The molecule has 112 valence electrons. The van der Waals surface area contributed by atoms with E-state index in [4.69, 9.17) is 4.74 Å². The van der Waals surface area contributed by atoms with E-state index in [1.807, 2.05) is 43.3 Å². The predicted molar refractivity (Wildman–Crippen MR) is 85.2 cm³/mol. The number of aliphatic hydroxyl groups excluding tert-OH is 1. The van der Waals surface area contributed by atoms with E-state index in [-0.39, 0.29) is 6.04 Å². The quantitative estimate of drug-likeness (QED) is 0.783. The standard InChI is InChI=1S/C18H23NO2/c1-2-21-14-17(20)13-19-18(15-9-5-3-6-10-15)16-11-7-4-8-12-16/h3-12,17-20H,2,13-14H2,1H3. The molecule has 1 unspecified atom stereocenters. The van der Waals surface area contributed by atoms with Crippen molar-refractivity contribution in [2.45, 2.75) is 19.1 Å². The molecule has 0 heterocycles. The Morgan fingerprint density at radius 3 is 1.95 bits per heavy atom. The number of benzene rings is 2. The van der Waals surface area contributed by atoms with Crippen LogP contribution in [0, 0.1) is 0 Å². The average molecular weight is 285 g/mol. The second-order valence-corrected chi connectivity index (χ2v) is 4.98. The summed E-state index contributed by atoms with van der Waals surface area (Å²) >= 11 is 0. The molecule has 2 rings (SSSR count). The molecule has 0 saturated carbocycles. The summed E-state index contributed by atoms with van der Waals surface area (Å²) in [6, 6.07) is 20.6. The Morgan fingerprint density at radius 2 is 1.48 bits per heavy atom. The minimum Gasteiger partial charge on any atom is -0.389 e. The molecule has 0 spiro atoms. The fourth-order valence-electron chi connectivity index (χ4n) is 2.29. The maximum Gasteiger partial charge on any atom is 0.0897 e. The smallest absolute Gasteiger partial charge is 0.0897 e. The summed E-state index contributed by atoms with van der Waals surface area (Å²) in [5.41, 5.74) is 2.37. The second kappa shape index (κ2) is 8.57. The third-order valence-corrected chi connectivity index (χ3v) is 3.34. The van der Waals surface area contributed by atoms with Gasteiger partial charge in [0.15, 0.2) is 0 Å². The lowest BCUT2D eigenvalue weighted by molar-refractivity contribution is 0.0419. The van der Waals surface area contributed by atoms with Gasteiger partial charge >= 0.3 is 0 Å². The molecule has 21 heavy (non-hydrogen) atoms. The Hall–Kier alpha value is -1.68. The molecule has 2 aromatic carbocycles. The molecule has 2 aromatic rings. The minimum atomic E-state index is -0.500. The average Bonchev–Trinajstić information content (AvgIpc) is 2.55. The summed E-state index contributed by atoms with van der Waals surface area (Å²) < 4.78 is 5.25. The number of hydrogen-bond acceptors (Lipinski definition) is 3.